The maximum Gasteiger partial charge on any atom is 0.249 e. The van der Waals surface area contributed by atoms with Crippen LogP contribution in [0.5, 0.6) is 0 Å². The molecule has 0 saturated carbocycles. The van der Waals surface area contributed by atoms with E-state index in [9.17, 15) is 4.79 Å². The zero-order valence-electron chi connectivity index (χ0n) is 6.89. The van der Waals surface area contributed by atoms with Crippen molar-refractivity contribution >= 4 is 17.7 Å². The number of carbonyl (C=O) groups excluding carboxylic acids is 1. The maximum atomic E-state index is 11.3. The van der Waals surface area contributed by atoms with Crippen LogP contribution in [0.2, 0.25) is 0 Å². The zero-order chi connectivity index (χ0) is 8.84. The van der Waals surface area contributed by atoms with E-state index in [0.717, 1.165) is 11.4 Å². The van der Waals surface area contributed by atoms with E-state index in [1.165, 1.54) is 10.6 Å². The van der Waals surface area contributed by atoms with Crippen molar-refractivity contribution in [3.05, 3.63) is 22.4 Å². The quantitative estimate of drug-likeness (QED) is 0.496. The molecule has 4 nitrogen and oxygen atoms in total. The molecule has 68 valence electrons. The largest absolute Gasteiger partial charge is 0.383 e. The molecule has 3 N–H and O–H groups in total. The third-order valence-corrected chi connectivity index (χ3v) is 3.55. The third kappa shape index (κ3) is 0.904. The molecule has 0 spiro atoms. The highest BCUT2D eigenvalue weighted by molar-refractivity contribution is 8.03. The summed E-state index contributed by atoms with van der Waals surface area (Å²) in [5.74, 6) is 1.06. The topological polar surface area (TPSA) is 53.2 Å². The molecular formula is C8H9N3OS. The Bertz CT molecular complexity index is 347. The molecule has 0 aromatic heterocycles. The summed E-state index contributed by atoms with van der Waals surface area (Å²) in [4.78, 5) is 12.5. The van der Waals surface area contributed by atoms with Crippen LogP contribution in [-0.4, -0.2) is 18.2 Å². The fraction of sp³-hybridized carbons (Fsp3) is 0.375. The minimum Gasteiger partial charge on any atom is -0.383 e. The van der Waals surface area contributed by atoms with Crippen LogP contribution in [0, 0.1) is 5.92 Å². The van der Waals surface area contributed by atoms with Crippen molar-refractivity contribution in [3.8, 4) is 0 Å². The standard InChI is InChI=1S/C8H9N3OS/c12-8-4-3-9-5-1-2-13-7(5)6(4)10-11-8/h1,4,9-10H,2-3H2,(H,11,12). The molecule has 3 rings (SSSR count). The molecule has 1 amide bonds. The van der Waals surface area contributed by atoms with Crippen molar-refractivity contribution in [3.63, 3.8) is 0 Å². The van der Waals surface area contributed by atoms with Gasteiger partial charge in [-0.1, -0.05) is 0 Å². The third-order valence-electron chi connectivity index (χ3n) is 2.49. The van der Waals surface area contributed by atoms with Crippen molar-refractivity contribution in [1.29, 1.82) is 0 Å². The number of nitrogens with one attached hydrogen (secondary N) is 3. The summed E-state index contributed by atoms with van der Waals surface area (Å²) >= 11 is 1.77. The summed E-state index contributed by atoms with van der Waals surface area (Å²) in [5, 5.41) is 3.26. The van der Waals surface area contributed by atoms with Crippen LogP contribution in [0.3, 0.4) is 0 Å². The van der Waals surface area contributed by atoms with Gasteiger partial charge in [-0.05, 0) is 6.08 Å². The molecule has 0 aromatic carbocycles. The first kappa shape index (κ1) is 7.32. The molecule has 3 aliphatic heterocycles. The molecule has 0 radical (unpaired) electrons. The summed E-state index contributed by atoms with van der Waals surface area (Å²) < 4.78 is 0. The number of amides is 1. The summed E-state index contributed by atoms with van der Waals surface area (Å²) in [6, 6.07) is 0. The first-order valence-electron chi connectivity index (χ1n) is 4.23. The Hall–Kier alpha value is -1.10. The maximum absolute atomic E-state index is 11.3. The average molecular weight is 195 g/mol. The predicted molar refractivity (Wildman–Crippen MR) is 50.3 cm³/mol. The Kier molecular flexibility index (Phi) is 1.38. The van der Waals surface area contributed by atoms with Crippen LogP contribution < -0.4 is 16.2 Å². The average Bonchev–Trinajstić information content (AvgIpc) is 2.70. The summed E-state index contributed by atoms with van der Waals surface area (Å²) in [6.07, 6.45) is 2.16. The van der Waals surface area contributed by atoms with Crippen LogP contribution in [0.1, 0.15) is 0 Å². The van der Waals surface area contributed by atoms with Crippen molar-refractivity contribution in [2.75, 3.05) is 12.3 Å². The first-order chi connectivity index (χ1) is 6.36. The molecule has 3 aliphatic rings. The van der Waals surface area contributed by atoms with Gasteiger partial charge in [-0.15, -0.1) is 11.8 Å². The monoisotopic (exact) mass is 195 g/mol. The molecular weight excluding hydrogens is 186 g/mol. The lowest BCUT2D eigenvalue weighted by Crippen LogP contribution is -2.32. The second-order valence-corrected chi connectivity index (χ2v) is 4.25. The number of fused-ring (bicyclic) bond motifs is 2. The highest BCUT2D eigenvalue weighted by Crippen LogP contribution is 2.37. The molecule has 0 aliphatic carbocycles. The van der Waals surface area contributed by atoms with E-state index in [2.05, 4.69) is 22.2 Å². The second-order valence-electron chi connectivity index (χ2n) is 3.22. The van der Waals surface area contributed by atoms with E-state index in [-0.39, 0.29) is 11.8 Å². The van der Waals surface area contributed by atoms with Gasteiger partial charge in [0.15, 0.2) is 0 Å². The van der Waals surface area contributed by atoms with Crippen LogP contribution in [0.4, 0.5) is 0 Å². The van der Waals surface area contributed by atoms with Crippen molar-refractivity contribution in [2.24, 2.45) is 5.92 Å². The molecule has 3 heterocycles. The van der Waals surface area contributed by atoms with Gasteiger partial charge in [0.2, 0.25) is 5.91 Å². The highest BCUT2D eigenvalue weighted by atomic mass is 32.2. The minimum atomic E-state index is -0.0160. The van der Waals surface area contributed by atoms with Gasteiger partial charge in [0.1, 0.15) is 0 Å². The van der Waals surface area contributed by atoms with Gasteiger partial charge in [0.25, 0.3) is 0 Å². The Labute approximate surface area is 79.8 Å². The van der Waals surface area contributed by atoms with Crippen molar-refractivity contribution in [1.82, 2.24) is 16.2 Å². The Morgan fingerprint density at radius 1 is 1.46 bits per heavy atom. The molecule has 1 atom stereocenters. The Morgan fingerprint density at radius 3 is 3.31 bits per heavy atom. The normalized spacial score (nSPS) is 30.0. The molecule has 1 unspecified atom stereocenters. The lowest BCUT2D eigenvalue weighted by atomic mass is 10.0. The number of hydrogen-bond donors (Lipinski definition) is 3. The van der Waals surface area contributed by atoms with Gasteiger partial charge in [0.05, 0.1) is 16.5 Å². The Balaban J connectivity index is 2.09. The van der Waals surface area contributed by atoms with Gasteiger partial charge in [-0.2, -0.15) is 0 Å². The van der Waals surface area contributed by atoms with E-state index < -0.39 is 0 Å². The summed E-state index contributed by atoms with van der Waals surface area (Å²) in [7, 11) is 0. The molecule has 1 saturated heterocycles. The zero-order valence-corrected chi connectivity index (χ0v) is 7.70. The van der Waals surface area contributed by atoms with E-state index in [1.807, 2.05) is 0 Å². The first-order valence-corrected chi connectivity index (χ1v) is 5.22. The number of hydrogen-bond acceptors (Lipinski definition) is 4. The lowest BCUT2D eigenvalue weighted by molar-refractivity contribution is -0.122. The van der Waals surface area contributed by atoms with Crippen LogP contribution in [-0.2, 0) is 4.79 Å². The SMILES string of the molecule is O=C1NNC2=C3SCC=C3NCC12. The summed E-state index contributed by atoms with van der Waals surface area (Å²) in [6.45, 7) is 0.712. The van der Waals surface area contributed by atoms with Crippen LogP contribution in [0.25, 0.3) is 0 Å². The highest BCUT2D eigenvalue weighted by Gasteiger charge is 2.37. The van der Waals surface area contributed by atoms with E-state index in [4.69, 9.17) is 0 Å². The number of rotatable bonds is 0. The number of thioether (sulfide) groups is 1. The number of hydrazine groups is 1. The van der Waals surface area contributed by atoms with Gasteiger partial charge in [-0.3, -0.25) is 10.2 Å². The minimum absolute atomic E-state index is 0.0160. The van der Waals surface area contributed by atoms with Crippen molar-refractivity contribution in [2.45, 2.75) is 0 Å². The fourth-order valence-electron chi connectivity index (χ4n) is 1.81. The van der Waals surface area contributed by atoms with Gasteiger partial charge in [0, 0.05) is 18.0 Å². The molecule has 0 bridgehead atoms. The number of carbonyl (C=O) groups is 1. The molecule has 13 heavy (non-hydrogen) atoms. The van der Waals surface area contributed by atoms with Gasteiger partial charge < -0.3 is 10.7 Å². The predicted octanol–water partition coefficient (Wildman–Crippen LogP) is -0.318. The second kappa shape index (κ2) is 2.45. The smallest absolute Gasteiger partial charge is 0.249 e. The van der Waals surface area contributed by atoms with Gasteiger partial charge >= 0.3 is 0 Å². The van der Waals surface area contributed by atoms with E-state index in [1.54, 1.807) is 11.8 Å². The fourth-order valence-corrected chi connectivity index (χ4v) is 2.89. The van der Waals surface area contributed by atoms with Crippen LogP contribution >= 0.6 is 11.8 Å². The van der Waals surface area contributed by atoms with Gasteiger partial charge in [-0.25, -0.2) is 0 Å². The molecule has 0 aromatic rings. The molecule has 5 heteroatoms. The Morgan fingerprint density at radius 2 is 2.38 bits per heavy atom. The van der Waals surface area contributed by atoms with E-state index in [0.29, 0.717) is 6.54 Å². The lowest BCUT2D eigenvalue weighted by Gasteiger charge is -2.21. The van der Waals surface area contributed by atoms with E-state index >= 15 is 0 Å². The summed E-state index contributed by atoms with van der Waals surface area (Å²) in [5.41, 5.74) is 7.84. The van der Waals surface area contributed by atoms with Crippen molar-refractivity contribution < 1.29 is 4.79 Å². The van der Waals surface area contributed by atoms with Crippen LogP contribution in [0.15, 0.2) is 22.4 Å². The molecule has 1 fully saturated rings.